The van der Waals surface area contributed by atoms with Crippen LogP contribution in [0.3, 0.4) is 0 Å². The Labute approximate surface area is 178 Å². The zero-order valence-electron chi connectivity index (χ0n) is 16.4. The van der Waals surface area contributed by atoms with Crippen molar-refractivity contribution >= 4 is 28.9 Å². The van der Waals surface area contributed by atoms with Crippen molar-refractivity contribution in [2.45, 2.75) is 25.9 Å². The summed E-state index contributed by atoms with van der Waals surface area (Å²) in [5.74, 6) is 1.69. The average Bonchev–Trinajstić information content (AvgIpc) is 3.39. The molecular weight excluding hydrogens is 410 g/mol. The fraction of sp³-hybridized carbons (Fsp3) is 0.350. The molecule has 0 aliphatic carbocycles. The SMILES string of the molecule is CCNC(=NCC(C)(O)c1ccsc1)NCCc1nc(-c2ccc(Cl)cc2)no1. The van der Waals surface area contributed by atoms with Crippen molar-refractivity contribution in [3.8, 4) is 11.4 Å². The molecule has 0 fully saturated rings. The highest BCUT2D eigenvalue weighted by atomic mass is 35.5. The summed E-state index contributed by atoms with van der Waals surface area (Å²) in [6.45, 7) is 5.28. The summed E-state index contributed by atoms with van der Waals surface area (Å²) in [5, 5.41) is 25.6. The first-order chi connectivity index (χ1) is 14.0. The molecule has 0 radical (unpaired) electrons. The van der Waals surface area contributed by atoms with Crippen LogP contribution in [0.15, 0.2) is 50.6 Å². The van der Waals surface area contributed by atoms with Crippen LogP contribution in [0.1, 0.15) is 25.3 Å². The quantitative estimate of drug-likeness (QED) is 0.372. The van der Waals surface area contributed by atoms with Gasteiger partial charge in [-0.3, -0.25) is 0 Å². The van der Waals surface area contributed by atoms with Crippen LogP contribution in [0.4, 0.5) is 0 Å². The van der Waals surface area contributed by atoms with Crippen LogP contribution in [-0.2, 0) is 12.0 Å². The van der Waals surface area contributed by atoms with E-state index < -0.39 is 5.60 Å². The summed E-state index contributed by atoms with van der Waals surface area (Å²) in [7, 11) is 0. The van der Waals surface area contributed by atoms with Crippen LogP contribution in [0.25, 0.3) is 11.4 Å². The molecule has 3 aromatic rings. The number of hydrogen-bond acceptors (Lipinski definition) is 6. The first-order valence-corrected chi connectivity index (χ1v) is 10.7. The minimum absolute atomic E-state index is 0.250. The number of aliphatic imine (C=N–C) groups is 1. The van der Waals surface area contributed by atoms with Crippen molar-refractivity contribution < 1.29 is 9.63 Å². The second kappa shape index (κ2) is 9.87. The van der Waals surface area contributed by atoms with E-state index in [0.29, 0.717) is 42.2 Å². The monoisotopic (exact) mass is 433 g/mol. The molecule has 3 N–H and O–H groups in total. The Morgan fingerprint density at radius 2 is 2.07 bits per heavy atom. The first kappa shape index (κ1) is 21.3. The van der Waals surface area contributed by atoms with E-state index in [0.717, 1.165) is 11.1 Å². The predicted octanol–water partition coefficient (Wildman–Crippen LogP) is 3.46. The van der Waals surface area contributed by atoms with Gasteiger partial charge in [0.25, 0.3) is 0 Å². The number of aliphatic hydroxyl groups is 1. The smallest absolute Gasteiger partial charge is 0.228 e. The number of hydrogen-bond donors (Lipinski definition) is 3. The highest BCUT2D eigenvalue weighted by molar-refractivity contribution is 7.08. The molecule has 2 heterocycles. The molecule has 2 aromatic heterocycles. The molecule has 154 valence electrons. The number of halogens is 1. The first-order valence-electron chi connectivity index (χ1n) is 9.33. The number of aromatic nitrogens is 2. The van der Waals surface area contributed by atoms with Crippen LogP contribution in [0.2, 0.25) is 5.02 Å². The van der Waals surface area contributed by atoms with Gasteiger partial charge in [0, 0.05) is 30.1 Å². The lowest BCUT2D eigenvalue weighted by Gasteiger charge is -2.21. The van der Waals surface area contributed by atoms with Gasteiger partial charge in [0.05, 0.1) is 6.54 Å². The van der Waals surface area contributed by atoms with Gasteiger partial charge in [-0.25, -0.2) is 4.99 Å². The highest BCUT2D eigenvalue weighted by Crippen LogP contribution is 2.23. The van der Waals surface area contributed by atoms with Crippen molar-refractivity contribution in [1.82, 2.24) is 20.8 Å². The topological polar surface area (TPSA) is 95.6 Å². The summed E-state index contributed by atoms with van der Waals surface area (Å²) in [6, 6.07) is 9.20. The number of guanidine groups is 1. The molecule has 0 amide bonds. The molecule has 0 aliphatic heterocycles. The van der Waals surface area contributed by atoms with Crippen LogP contribution < -0.4 is 10.6 Å². The van der Waals surface area contributed by atoms with Gasteiger partial charge in [-0.2, -0.15) is 16.3 Å². The zero-order chi connectivity index (χ0) is 20.7. The maximum absolute atomic E-state index is 10.6. The third-order valence-corrected chi connectivity index (χ3v) is 5.17. The summed E-state index contributed by atoms with van der Waals surface area (Å²) >= 11 is 7.46. The Hall–Kier alpha value is -2.42. The van der Waals surface area contributed by atoms with Crippen molar-refractivity contribution in [2.75, 3.05) is 19.6 Å². The number of nitrogens with one attached hydrogen (secondary N) is 2. The Balaban J connectivity index is 1.55. The minimum atomic E-state index is -1.01. The highest BCUT2D eigenvalue weighted by Gasteiger charge is 2.23. The normalized spacial score (nSPS) is 13.9. The number of nitrogens with zero attached hydrogens (tertiary/aromatic N) is 3. The number of thiophene rings is 1. The molecule has 29 heavy (non-hydrogen) atoms. The van der Waals surface area contributed by atoms with Gasteiger partial charge in [0.2, 0.25) is 11.7 Å². The van der Waals surface area contributed by atoms with Crippen LogP contribution in [0, 0.1) is 0 Å². The molecular formula is C20H24ClN5O2S. The standard InChI is InChI=1S/C20H24ClN5O2S/c1-3-22-19(24-13-20(2,27)15-9-11-29-12-15)23-10-8-17-25-18(26-28-17)14-4-6-16(21)7-5-14/h4-7,9,11-12,27H,3,8,10,13H2,1-2H3,(H2,22,23,24). The van der Waals surface area contributed by atoms with Gasteiger partial charge in [0.15, 0.2) is 5.96 Å². The lowest BCUT2D eigenvalue weighted by Crippen LogP contribution is -2.39. The lowest BCUT2D eigenvalue weighted by molar-refractivity contribution is 0.0677. The average molecular weight is 434 g/mol. The van der Waals surface area contributed by atoms with Crippen LogP contribution in [-0.4, -0.2) is 40.8 Å². The second-order valence-electron chi connectivity index (χ2n) is 6.68. The van der Waals surface area contributed by atoms with Crippen molar-refractivity contribution in [2.24, 2.45) is 4.99 Å². The van der Waals surface area contributed by atoms with E-state index in [-0.39, 0.29) is 6.54 Å². The third-order valence-electron chi connectivity index (χ3n) is 4.23. The summed E-state index contributed by atoms with van der Waals surface area (Å²) in [5.41, 5.74) is 0.702. The van der Waals surface area contributed by atoms with E-state index >= 15 is 0 Å². The summed E-state index contributed by atoms with van der Waals surface area (Å²) in [6.07, 6.45) is 0.548. The van der Waals surface area contributed by atoms with Gasteiger partial charge >= 0.3 is 0 Å². The molecule has 3 rings (SSSR count). The van der Waals surface area contributed by atoms with Crippen molar-refractivity contribution in [3.05, 3.63) is 57.6 Å². The van der Waals surface area contributed by atoms with Crippen molar-refractivity contribution in [3.63, 3.8) is 0 Å². The molecule has 0 saturated carbocycles. The Morgan fingerprint density at radius 3 is 2.76 bits per heavy atom. The maximum atomic E-state index is 10.6. The Kier molecular flexibility index (Phi) is 7.24. The fourth-order valence-electron chi connectivity index (χ4n) is 2.60. The van der Waals surface area contributed by atoms with E-state index in [1.165, 1.54) is 0 Å². The molecule has 0 spiro atoms. The van der Waals surface area contributed by atoms with Crippen LogP contribution >= 0.6 is 22.9 Å². The third kappa shape index (κ3) is 6.03. The second-order valence-corrected chi connectivity index (χ2v) is 7.89. The molecule has 0 aliphatic rings. The van der Waals surface area contributed by atoms with E-state index in [9.17, 15) is 5.11 Å². The molecule has 0 bridgehead atoms. The minimum Gasteiger partial charge on any atom is -0.383 e. The van der Waals surface area contributed by atoms with Gasteiger partial charge in [-0.15, -0.1) is 0 Å². The van der Waals surface area contributed by atoms with Gasteiger partial charge in [-0.1, -0.05) is 16.8 Å². The number of rotatable bonds is 8. The van der Waals surface area contributed by atoms with E-state index in [4.69, 9.17) is 16.1 Å². The fourth-order valence-corrected chi connectivity index (χ4v) is 3.51. The molecule has 7 nitrogen and oxygen atoms in total. The van der Waals surface area contributed by atoms with E-state index in [1.807, 2.05) is 35.9 Å². The van der Waals surface area contributed by atoms with E-state index in [1.54, 1.807) is 30.4 Å². The Morgan fingerprint density at radius 1 is 1.28 bits per heavy atom. The van der Waals surface area contributed by atoms with Gasteiger partial charge in [-0.05, 0) is 60.5 Å². The molecule has 1 aromatic carbocycles. The molecule has 1 atom stereocenters. The van der Waals surface area contributed by atoms with Gasteiger partial charge in [0.1, 0.15) is 5.60 Å². The summed E-state index contributed by atoms with van der Waals surface area (Å²) < 4.78 is 5.32. The van der Waals surface area contributed by atoms with Crippen LogP contribution in [0.5, 0.6) is 0 Å². The maximum Gasteiger partial charge on any atom is 0.228 e. The molecule has 1 unspecified atom stereocenters. The summed E-state index contributed by atoms with van der Waals surface area (Å²) in [4.78, 5) is 8.92. The zero-order valence-corrected chi connectivity index (χ0v) is 17.9. The predicted molar refractivity (Wildman–Crippen MR) is 116 cm³/mol. The van der Waals surface area contributed by atoms with Crippen molar-refractivity contribution in [1.29, 1.82) is 0 Å². The lowest BCUT2D eigenvalue weighted by atomic mass is 10.00. The van der Waals surface area contributed by atoms with Gasteiger partial charge < -0.3 is 20.3 Å². The molecule has 0 saturated heterocycles. The largest absolute Gasteiger partial charge is 0.383 e. The van der Waals surface area contributed by atoms with E-state index in [2.05, 4.69) is 25.8 Å². The Bertz CT molecular complexity index is 923. The molecule has 9 heteroatoms. The number of benzene rings is 1.